The number of nitrogens with two attached hydrogens (primary N) is 1. The fourth-order valence-corrected chi connectivity index (χ4v) is 3.51. The van der Waals surface area contributed by atoms with Gasteiger partial charge in [-0.05, 0) is 26.0 Å². The summed E-state index contributed by atoms with van der Waals surface area (Å²) in [6, 6.07) is 9.31. The number of para-hydroxylation sites is 1. The molecule has 0 radical (unpaired) electrons. The molecule has 0 aliphatic rings. The highest BCUT2D eigenvalue weighted by molar-refractivity contribution is 7.20. The zero-order valence-electron chi connectivity index (χ0n) is 11.2. The van der Waals surface area contributed by atoms with Gasteiger partial charge in [0.2, 0.25) is 0 Å². The summed E-state index contributed by atoms with van der Waals surface area (Å²) in [6.45, 7) is 3.96. The number of benzene rings is 1. The second-order valence-electron chi connectivity index (χ2n) is 4.58. The van der Waals surface area contributed by atoms with Crippen LogP contribution in [0.2, 0.25) is 8.67 Å². The zero-order chi connectivity index (χ0) is 14.7. The van der Waals surface area contributed by atoms with Crippen LogP contribution in [0.15, 0.2) is 30.3 Å². The van der Waals surface area contributed by atoms with Gasteiger partial charge in [-0.2, -0.15) is 0 Å². The van der Waals surface area contributed by atoms with Crippen LogP contribution in [0, 0.1) is 0 Å². The van der Waals surface area contributed by atoms with E-state index in [2.05, 4.69) is 5.43 Å². The lowest BCUT2D eigenvalue weighted by atomic mass is 10.0. The quantitative estimate of drug-likeness (QED) is 0.631. The molecule has 1 aromatic heterocycles. The van der Waals surface area contributed by atoms with Crippen molar-refractivity contribution in [3.05, 3.63) is 50.1 Å². The Hall–Kier alpha value is -0.780. The molecule has 0 aliphatic carbocycles. The molecule has 0 aliphatic heterocycles. The minimum absolute atomic E-state index is 0.0797. The highest BCUT2D eigenvalue weighted by Gasteiger charge is 2.21. The largest absolute Gasteiger partial charge is 0.491 e. The van der Waals surface area contributed by atoms with Gasteiger partial charge in [0, 0.05) is 11.1 Å². The third kappa shape index (κ3) is 3.45. The highest BCUT2D eigenvalue weighted by Crippen LogP contribution is 2.39. The first-order valence-corrected chi connectivity index (χ1v) is 7.76. The first-order valence-electron chi connectivity index (χ1n) is 6.19. The molecule has 2 aromatic rings. The van der Waals surface area contributed by atoms with Crippen LogP contribution in [0.25, 0.3) is 0 Å². The Labute approximate surface area is 132 Å². The van der Waals surface area contributed by atoms with Gasteiger partial charge in [-0.25, -0.2) is 5.43 Å². The van der Waals surface area contributed by atoms with Crippen LogP contribution in [-0.2, 0) is 0 Å². The average molecular weight is 331 g/mol. The van der Waals surface area contributed by atoms with E-state index in [4.69, 9.17) is 33.8 Å². The van der Waals surface area contributed by atoms with Crippen LogP contribution in [0.4, 0.5) is 0 Å². The van der Waals surface area contributed by atoms with Crippen LogP contribution in [0.1, 0.15) is 31.0 Å². The van der Waals surface area contributed by atoms with Gasteiger partial charge in [0.15, 0.2) is 0 Å². The molecule has 0 spiro atoms. The smallest absolute Gasteiger partial charge is 0.124 e. The topological polar surface area (TPSA) is 47.3 Å². The van der Waals surface area contributed by atoms with E-state index in [-0.39, 0.29) is 12.1 Å². The number of hydrogen-bond acceptors (Lipinski definition) is 4. The van der Waals surface area contributed by atoms with Crippen LogP contribution in [0.5, 0.6) is 5.75 Å². The van der Waals surface area contributed by atoms with Crippen molar-refractivity contribution >= 4 is 34.5 Å². The summed E-state index contributed by atoms with van der Waals surface area (Å²) in [5.41, 5.74) is 4.57. The molecule has 1 aromatic carbocycles. The van der Waals surface area contributed by atoms with Crippen molar-refractivity contribution in [2.45, 2.75) is 26.0 Å². The molecule has 0 saturated carbocycles. The van der Waals surface area contributed by atoms with Crippen LogP contribution in [0.3, 0.4) is 0 Å². The molecule has 0 bridgehead atoms. The van der Waals surface area contributed by atoms with Crippen molar-refractivity contribution in [3.8, 4) is 5.75 Å². The van der Waals surface area contributed by atoms with Crippen LogP contribution < -0.4 is 16.0 Å². The van der Waals surface area contributed by atoms with Gasteiger partial charge in [-0.15, -0.1) is 11.3 Å². The molecule has 1 atom stereocenters. The van der Waals surface area contributed by atoms with Crippen molar-refractivity contribution in [3.63, 3.8) is 0 Å². The Morgan fingerprint density at radius 1 is 1.20 bits per heavy atom. The summed E-state index contributed by atoms with van der Waals surface area (Å²) in [6.07, 6.45) is 0.0797. The third-order valence-corrected chi connectivity index (χ3v) is 4.27. The molecule has 1 unspecified atom stereocenters. The van der Waals surface area contributed by atoms with Gasteiger partial charge in [-0.3, -0.25) is 5.84 Å². The first kappa shape index (κ1) is 15.6. The van der Waals surface area contributed by atoms with Gasteiger partial charge in [-0.1, -0.05) is 41.4 Å². The summed E-state index contributed by atoms with van der Waals surface area (Å²) in [4.78, 5) is 0. The van der Waals surface area contributed by atoms with Crippen LogP contribution >= 0.6 is 34.5 Å². The van der Waals surface area contributed by atoms with Gasteiger partial charge in [0.25, 0.3) is 0 Å². The van der Waals surface area contributed by atoms with Gasteiger partial charge >= 0.3 is 0 Å². The minimum atomic E-state index is -0.263. The first-order chi connectivity index (χ1) is 9.52. The number of nitrogens with one attached hydrogen (secondary N) is 1. The molecule has 0 saturated heterocycles. The summed E-state index contributed by atoms with van der Waals surface area (Å²) < 4.78 is 7.08. The van der Waals surface area contributed by atoms with E-state index in [1.165, 1.54) is 11.3 Å². The standard InChI is InChI=1S/C14H16Cl2N2OS/c1-8(2)19-11-6-4-3-5-9(11)13(18-17)10-7-12(15)20-14(10)16/h3-8,13,18H,17H2,1-2H3. The summed E-state index contributed by atoms with van der Waals surface area (Å²) in [7, 11) is 0. The summed E-state index contributed by atoms with van der Waals surface area (Å²) in [5.74, 6) is 6.49. The van der Waals surface area contributed by atoms with Crippen molar-refractivity contribution in [2.75, 3.05) is 0 Å². The molecular formula is C14H16Cl2N2OS. The molecule has 20 heavy (non-hydrogen) atoms. The SMILES string of the molecule is CC(C)Oc1ccccc1C(NN)c1cc(Cl)sc1Cl. The van der Waals surface area contributed by atoms with E-state index in [0.717, 1.165) is 16.9 Å². The van der Waals surface area contributed by atoms with Gasteiger partial charge in [0.1, 0.15) is 5.75 Å². The fourth-order valence-electron chi connectivity index (χ4n) is 1.98. The normalized spacial score (nSPS) is 12.7. The maximum Gasteiger partial charge on any atom is 0.124 e. The van der Waals surface area contributed by atoms with E-state index in [0.29, 0.717) is 8.67 Å². The summed E-state index contributed by atoms with van der Waals surface area (Å²) >= 11 is 13.6. The van der Waals surface area contributed by atoms with Gasteiger partial charge < -0.3 is 4.74 Å². The maximum absolute atomic E-state index is 6.22. The van der Waals surface area contributed by atoms with E-state index in [9.17, 15) is 0 Å². The molecule has 108 valence electrons. The Morgan fingerprint density at radius 3 is 2.45 bits per heavy atom. The number of rotatable bonds is 5. The van der Waals surface area contributed by atoms with Crippen molar-refractivity contribution in [2.24, 2.45) is 5.84 Å². The lowest BCUT2D eigenvalue weighted by Gasteiger charge is -2.21. The predicted octanol–water partition coefficient (Wildman–Crippen LogP) is 4.39. The van der Waals surface area contributed by atoms with E-state index in [1.54, 1.807) is 0 Å². The van der Waals surface area contributed by atoms with Gasteiger partial charge in [0.05, 0.1) is 20.8 Å². The Kier molecular flexibility index (Phi) is 5.29. The molecule has 1 heterocycles. The molecule has 0 amide bonds. The lowest BCUT2D eigenvalue weighted by Crippen LogP contribution is -2.29. The Balaban J connectivity index is 2.44. The van der Waals surface area contributed by atoms with Crippen LogP contribution in [-0.4, -0.2) is 6.10 Å². The monoisotopic (exact) mass is 330 g/mol. The zero-order valence-corrected chi connectivity index (χ0v) is 13.5. The number of hydrazine groups is 1. The molecule has 2 rings (SSSR count). The highest BCUT2D eigenvalue weighted by atomic mass is 35.5. The van der Waals surface area contributed by atoms with Crippen molar-refractivity contribution < 1.29 is 4.74 Å². The maximum atomic E-state index is 6.22. The number of thiophene rings is 1. The number of ether oxygens (including phenoxy) is 1. The van der Waals surface area contributed by atoms with Crippen molar-refractivity contribution in [1.82, 2.24) is 5.43 Å². The third-order valence-electron chi connectivity index (χ3n) is 2.75. The average Bonchev–Trinajstić information content (AvgIpc) is 2.71. The predicted molar refractivity (Wildman–Crippen MR) is 85.7 cm³/mol. The van der Waals surface area contributed by atoms with E-state index < -0.39 is 0 Å². The molecule has 3 N–H and O–H groups in total. The molecule has 6 heteroatoms. The second kappa shape index (κ2) is 6.78. The fraction of sp³-hybridized carbons (Fsp3) is 0.286. The number of hydrogen-bond donors (Lipinski definition) is 2. The van der Waals surface area contributed by atoms with Crippen molar-refractivity contribution in [1.29, 1.82) is 0 Å². The Morgan fingerprint density at radius 2 is 1.90 bits per heavy atom. The number of halogens is 2. The molecular weight excluding hydrogens is 315 g/mol. The Bertz CT molecular complexity index is 586. The van der Waals surface area contributed by atoms with E-state index >= 15 is 0 Å². The molecule has 0 fully saturated rings. The lowest BCUT2D eigenvalue weighted by molar-refractivity contribution is 0.238. The molecule has 3 nitrogen and oxygen atoms in total. The van der Waals surface area contributed by atoms with E-state index in [1.807, 2.05) is 44.2 Å². The summed E-state index contributed by atoms with van der Waals surface area (Å²) in [5, 5.41) is 0. The second-order valence-corrected chi connectivity index (χ2v) is 6.87. The minimum Gasteiger partial charge on any atom is -0.491 e.